The quantitative estimate of drug-likeness (QED) is 0.161. The molecule has 0 atom stereocenters. The summed E-state index contributed by atoms with van der Waals surface area (Å²) in [6, 6.07) is 52.8. The van der Waals surface area contributed by atoms with Gasteiger partial charge < -0.3 is 23.5 Å². The zero-order valence-electron chi connectivity index (χ0n) is 29.3. The molecular formula is C46H33N4O2Pt-3. The summed E-state index contributed by atoms with van der Waals surface area (Å²) in [5.41, 5.74) is 8.91. The summed E-state index contributed by atoms with van der Waals surface area (Å²) in [5.74, 6) is 2.05. The maximum atomic E-state index is 6.52. The summed E-state index contributed by atoms with van der Waals surface area (Å²) in [4.78, 5) is 9.14. The molecule has 0 saturated carbocycles. The fourth-order valence-electron chi connectivity index (χ4n) is 7.31. The van der Waals surface area contributed by atoms with Crippen LogP contribution in [0.2, 0.25) is 0 Å². The number of rotatable bonds is 5. The molecule has 4 heterocycles. The molecule has 0 amide bonds. The van der Waals surface area contributed by atoms with E-state index < -0.39 is 0 Å². The third-order valence-corrected chi connectivity index (χ3v) is 9.90. The molecule has 0 aliphatic carbocycles. The Balaban J connectivity index is 0.00000372. The first-order valence-electron chi connectivity index (χ1n) is 17.5. The predicted octanol–water partition coefficient (Wildman–Crippen LogP) is 12.2. The van der Waals surface area contributed by atoms with Crippen LogP contribution < -0.4 is 14.5 Å². The molecule has 10 rings (SSSR count). The molecule has 9 aromatic rings. The minimum absolute atomic E-state index is 0. The van der Waals surface area contributed by atoms with Crippen LogP contribution in [0.15, 0.2) is 144 Å². The van der Waals surface area contributed by atoms with Gasteiger partial charge in [-0.2, -0.15) is 12.1 Å². The minimum atomic E-state index is -0.0122. The normalized spacial score (nSPS) is 12.9. The summed E-state index contributed by atoms with van der Waals surface area (Å²) < 4.78 is 14.9. The predicted molar refractivity (Wildman–Crippen MR) is 210 cm³/mol. The monoisotopic (exact) mass is 868 g/mol. The Bertz CT molecular complexity index is 2830. The zero-order valence-corrected chi connectivity index (χ0v) is 31.6. The molecule has 53 heavy (non-hydrogen) atoms. The topological polar surface area (TPSA) is 46.7 Å². The van der Waals surface area contributed by atoms with Crippen molar-refractivity contribution in [1.29, 1.82) is 0 Å². The molecule has 3 aromatic heterocycles. The first-order chi connectivity index (χ1) is 25.4. The Morgan fingerprint density at radius 2 is 1.36 bits per heavy atom. The van der Waals surface area contributed by atoms with Gasteiger partial charge in [0, 0.05) is 78.2 Å². The molecule has 0 saturated heterocycles. The Morgan fingerprint density at radius 3 is 2.21 bits per heavy atom. The van der Waals surface area contributed by atoms with Crippen LogP contribution >= 0.6 is 0 Å². The van der Waals surface area contributed by atoms with Gasteiger partial charge in [0.1, 0.15) is 17.0 Å². The Kier molecular flexibility index (Phi) is 7.90. The van der Waals surface area contributed by atoms with E-state index in [1.54, 1.807) is 0 Å². The summed E-state index contributed by atoms with van der Waals surface area (Å²) in [6.07, 6.45) is 1.89. The second-order valence-electron chi connectivity index (χ2n) is 14.2. The van der Waals surface area contributed by atoms with Crippen molar-refractivity contribution in [3.8, 4) is 17.3 Å². The molecule has 0 spiro atoms. The van der Waals surface area contributed by atoms with Crippen molar-refractivity contribution in [1.82, 2.24) is 9.55 Å². The van der Waals surface area contributed by atoms with Gasteiger partial charge in [-0.05, 0) is 64.9 Å². The minimum Gasteiger partial charge on any atom is -0.509 e. The maximum absolute atomic E-state index is 6.52. The van der Waals surface area contributed by atoms with E-state index in [1.165, 1.54) is 5.56 Å². The molecule has 0 N–H and O–H groups in total. The fourth-order valence-corrected chi connectivity index (χ4v) is 7.31. The van der Waals surface area contributed by atoms with Crippen LogP contribution in [0.5, 0.6) is 11.5 Å². The number of anilines is 4. The van der Waals surface area contributed by atoms with Crippen LogP contribution in [-0.2, 0) is 26.5 Å². The number of fused-ring (bicyclic) bond motifs is 7. The molecule has 0 fully saturated rings. The summed E-state index contributed by atoms with van der Waals surface area (Å²) >= 11 is 0. The van der Waals surface area contributed by atoms with Gasteiger partial charge in [0.05, 0.1) is 0 Å². The summed E-state index contributed by atoms with van der Waals surface area (Å²) in [6.45, 7) is 8.76. The van der Waals surface area contributed by atoms with Gasteiger partial charge in [0.25, 0.3) is 0 Å². The molecular weight excluding hydrogens is 836 g/mol. The molecule has 6 nitrogen and oxygen atoms in total. The van der Waals surface area contributed by atoms with Gasteiger partial charge in [-0.15, -0.1) is 48.1 Å². The average molecular weight is 869 g/mol. The van der Waals surface area contributed by atoms with Crippen molar-refractivity contribution in [2.75, 3.05) is 9.80 Å². The van der Waals surface area contributed by atoms with Gasteiger partial charge in [-0.1, -0.05) is 74.8 Å². The summed E-state index contributed by atoms with van der Waals surface area (Å²) in [5, 5.41) is 4.45. The van der Waals surface area contributed by atoms with Gasteiger partial charge in [-0.25, -0.2) is 4.98 Å². The molecule has 0 bridgehead atoms. The second-order valence-corrected chi connectivity index (χ2v) is 14.2. The van der Waals surface area contributed by atoms with E-state index in [-0.39, 0.29) is 26.5 Å². The number of nitrogens with zero attached hydrogens (tertiary/aromatic N) is 4. The number of benzene rings is 6. The van der Waals surface area contributed by atoms with E-state index in [0.29, 0.717) is 11.5 Å². The SMILES string of the molecule is CC(C)(C)c1ccnc(-n2c3[c-]c(Oc4[c-]c(N5[CH-]N(c6ccc7c(c6)oc6ccccc67)c6ccccc65)ccc4)ccc3c3ccccc32)c1.[Pt]. The third-order valence-electron chi connectivity index (χ3n) is 9.90. The van der Waals surface area contributed by atoms with Gasteiger partial charge in [0.2, 0.25) is 0 Å². The van der Waals surface area contributed by atoms with E-state index in [9.17, 15) is 0 Å². The van der Waals surface area contributed by atoms with E-state index in [0.717, 1.165) is 72.3 Å². The molecule has 0 unspecified atom stereocenters. The van der Waals surface area contributed by atoms with Gasteiger partial charge >= 0.3 is 0 Å². The Hall–Kier alpha value is -5.84. The van der Waals surface area contributed by atoms with Crippen LogP contribution in [0.1, 0.15) is 26.3 Å². The van der Waals surface area contributed by atoms with Crippen LogP contribution in [0.4, 0.5) is 22.7 Å². The van der Waals surface area contributed by atoms with Crippen molar-refractivity contribution in [3.05, 3.63) is 164 Å². The third kappa shape index (κ3) is 5.57. The Morgan fingerprint density at radius 1 is 0.642 bits per heavy atom. The molecule has 0 radical (unpaired) electrons. The van der Waals surface area contributed by atoms with E-state index in [1.807, 2.05) is 48.7 Å². The number of hydrogen-bond donors (Lipinski definition) is 0. The first kappa shape index (κ1) is 33.0. The number of aromatic nitrogens is 2. The smallest absolute Gasteiger partial charge is 0.137 e. The maximum Gasteiger partial charge on any atom is 0.137 e. The molecule has 7 heteroatoms. The number of furan rings is 1. The number of pyridine rings is 1. The van der Waals surface area contributed by atoms with E-state index in [2.05, 4.69) is 145 Å². The summed E-state index contributed by atoms with van der Waals surface area (Å²) in [7, 11) is 0. The van der Waals surface area contributed by atoms with Crippen LogP contribution in [-0.4, -0.2) is 9.55 Å². The molecule has 1 aliphatic rings. The van der Waals surface area contributed by atoms with Gasteiger partial charge in [-0.3, -0.25) is 0 Å². The van der Waals surface area contributed by atoms with Crippen LogP contribution in [0.25, 0.3) is 49.6 Å². The van der Waals surface area contributed by atoms with Crippen LogP contribution in [0, 0.1) is 18.8 Å². The van der Waals surface area contributed by atoms with Crippen molar-refractivity contribution in [2.24, 2.45) is 0 Å². The largest absolute Gasteiger partial charge is 0.509 e. The van der Waals surface area contributed by atoms with E-state index >= 15 is 0 Å². The van der Waals surface area contributed by atoms with Crippen molar-refractivity contribution in [3.63, 3.8) is 0 Å². The van der Waals surface area contributed by atoms with Crippen molar-refractivity contribution in [2.45, 2.75) is 26.2 Å². The number of ether oxygens (including phenoxy) is 1. The second kappa shape index (κ2) is 12.7. The van der Waals surface area contributed by atoms with E-state index in [4.69, 9.17) is 14.1 Å². The Labute approximate surface area is 322 Å². The molecule has 262 valence electrons. The van der Waals surface area contributed by atoms with Crippen molar-refractivity contribution < 1.29 is 30.2 Å². The van der Waals surface area contributed by atoms with Gasteiger partial charge in [0.15, 0.2) is 0 Å². The first-order valence-corrected chi connectivity index (χ1v) is 17.5. The van der Waals surface area contributed by atoms with Crippen LogP contribution in [0.3, 0.4) is 0 Å². The fraction of sp³-hybridized carbons (Fsp3) is 0.0870. The average Bonchev–Trinajstić information content (AvgIpc) is 3.84. The molecule has 1 aliphatic heterocycles. The number of hydrogen-bond acceptors (Lipinski definition) is 5. The van der Waals surface area contributed by atoms with Crippen molar-refractivity contribution >= 4 is 66.5 Å². The zero-order chi connectivity index (χ0) is 35.0. The molecule has 6 aromatic carbocycles. The standard InChI is InChI=1S/C46H33N4O2.Pt/c1-46(2,3)30-23-24-47-45(25-30)50-39-15-6-4-13-35(39)36-22-20-34(28-42(36)50)51-33-12-10-11-31(26-33)48-29-49(41-17-8-7-16-40(41)48)32-19-21-38-37-14-5-9-18-43(37)52-44(38)27-32;/h4-25,27,29H,1-3H3;/q-3;. The number of para-hydroxylation sites is 4.